The second-order valence-electron chi connectivity index (χ2n) is 5.85. The lowest BCUT2D eigenvalue weighted by Crippen LogP contribution is -2.16. The smallest absolute Gasteiger partial charge is 0.245 e. The summed E-state index contributed by atoms with van der Waals surface area (Å²) in [7, 11) is 0. The predicted molar refractivity (Wildman–Crippen MR) is 72.0 cm³/mol. The van der Waals surface area contributed by atoms with Gasteiger partial charge in [0.15, 0.2) is 5.65 Å². The number of aromatic nitrogens is 3. The van der Waals surface area contributed by atoms with Crippen molar-refractivity contribution in [1.82, 2.24) is 14.6 Å². The van der Waals surface area contributed by atoms with E-state index in [9.17, 15) is 0 Å². The van der Waals surface area contributed by atoms with Gasteiger partial charge in [-0.2, -0.15) is 5.10 Å². The Morgan fingerprint density at radius 2 is 2.00 bits per heavy atom. The first-order valence-corrected chi connectivity index (χ1v) is 6.11. The molecule has 0 aliphatic carbocycles. The molecule has 0 N–H and O–H groups in total. The molecule has 0 aliphatic heterocycles. The lowest BCUT2D eigenvalue weighted by Gasteiger charge is -2.20. The molecule has 4 nitrogen and oxygen atoms in total. The fourth-order valence-corrected chi connectivity index (χ4v) is 1.85. The Labute approximate surface area is 107 Å². The van der Waals surface area contributed by atoms with Gasteiger partial charge in [-0.15, -0.1) is 0 Å². The van der Waals surface area contributed by atoms with Gasteiger partial charge in [-0.3, -0.25) is 0 Å². The van der Waals surface area contributed by atoms with Gasteiger partial charge in [0.1, 0.15) is 0 Å². The summed E-state index contributed by atoms with van der Waals surface area (Å²) in [6, 6.07) is 2.10. The van der Waals surface area contributed by atoms with Crippen LogP contribution in [0, 0.1) is 6.57 Å². The minimum Gasteiger partial charge on any atom is -0.245 e. The summed E-state index contributed by atoms with van der Waals surface area (Å²) < 4.78 is 1.78. The summed E-state index contributed by atoms with van der Waals surface area (Å²) in [5.41, 5.74) is 3.25. The van der Waals surface area contributed by atoms with Crippen molar-refractivity contribution >= 4 is 11.3 Å². The van der Waals surface area contributed by atoms with Crippen molar-refractivity contribution in [3.8, 4) is 0 Å². The van der Waals surface area contributed by atoms with Gasteiger partial charge in [0.2, 0.25) is 5.69 Å². The van der Waals surface area contributed by atoms with E-state index in [0.29, 0.717) is 17.3 Å². The van der Waals surface area contributed by atoms with Crippen molar-refractivity contribution in [3.05, 3.63) is 35.1 Å². The van der Waals surface area contributed by atoms with Gasteiger partial charge in [0.25, 0.3) is 0 Å². The monoisotopic (exact) mass is 242 g/mol. The van der Waals surface area contributed by atoms with Gasteiger partial charge in [0, 0.05) is 16.8 Å². The van der Waals surface area contributed by atoms with Crippen LogP contribution in [0.25, 0.3) is 10.5 Å². The SMILES string of the molecule is [C-]#[N+]c1cnn2c(C(C)C)cc(C(C)(C)C)nc12. The van der Waals surface area contributed by atoms with Crippen LogP contribution >= 0.6 is 0 Å². The maximum Gasteiger partial charge on any atom is 0.250 e. The molecule has 0 aromatic carbocycles. The van der Waals surface area contributed by atoms with Gasteiger partial charge in [0.05, 0.1) is 12.8 Å². The second-order valence-corrected chi connectivity index (χ2v) is 5.85. The van der Waals surface area contributed by atoms with E-state index in [-0.39, 0.29) is 5.41 Å². The molecule has 18 heavy (non-hydrogen) atoms. The van der Waals surface area contributed by atoms with Crippen LogP contribution in [-0.4, -0.2) is 14.6 Å². The van der Waals surface area contributed by atoms with E-state index in [0.717, 1.165) is 11.4 Å². The number of hydrogen-bond acceptors (Lipinski definition) is 2. The molecule has 4 heteroatoms. The van der Waals surface area contributed by atoms with Crippen LogP contribution in [0.2, 0.25) is 0 Å². The van der Waals surface area contributed by atoms with Crippen LogP contribution < -0.4 is 0 Å². The number of hydrogen-bond donors (Lipinski definition) is 0. The minimum absolute atomic E-state index is 0.0328. The molecule has 0 fully saturated rings. The summed E-state index contributed by atoms with van der Waals surface area (Å²) in [5, 5.41) is 4.27. The Kier molecular flexibility index (Phi) is 2.86. The highest BCUT2D eigenvalue weighted by Crippen LogP contribution is 2.28. The fourth-order valence-electron chi connectivity index (χ4n) is 1.85. The first kappa shape index (κ1) is 12.6. The zero-order chi connectivity index (χ0) is 13.5. The summed E-state index contributed by atoms with van der Waals surface area (Å²) in [6.45, 7) is 17.8. The molecule has 0 unspecified atom stereocenters. The zero-order valence-electron chi connectivity index (χ0n) is 11.5. The van der Waals surface area contributed by atoms with Crippen LogP contribution in [0.4, 0.5) is 5.69 Å². The second kappa shape index (κ2) is 4.09. The van der Waals surface area contributed by atoms with E-state index in [1.54, 1.807) is 10.7 Å². The lowest BCUT2D eigenvalue weighted by molar-refractivity contribution is 0.563. The maximum atomic E-state index is 7.18. The molecule has 94 valence electrons. The number of nitrogens with zero attached hydrogens (tertiary/aromatic N) is 4. The molecule has 0 bridgehead atoms. The molecule has 2 aromatic rings. The third kappa shape index (κ3) is 1.97. The molecule has 2 rings (SSSR count). The molecule has 0 saturated heterocycles. The number of rotatable bonds is 1. The quantitative estimate of drug-likeness (QED) is 0.714. The fraction of sp³-hybridized carbons (Fsp3) is 0.500. The Morgan fingerprint density at radius 3 is 2.50 bits per heavy atom. The van der Waals surface area contributed by atoms with Crippen LogP contribution in [0.5, 0.6) is 0 Å². The Hall–Kier alpha value is -1.89. The van der Waals surface area contributed by atoms with Gasteiger partial charge in [-0.25, -0.2) is 14.3 Å². The molecule has 2 aromatic heterocycles. The van der Waals surface area contributed by atoms with E-state index in [2.05, 4.69) is 55.6 Å². The van der Waals surface area contributed by atoms with Crippen molar-refractivity contribution in [3.63, 3.8) is 0 Å². The van der Waals surface area contributed by atoms with Crippen molar-refractivity contribution in [2.75, 3.05) is 0 Å². The molecule has 0 radical (unpaired) electrons. The van der Waals surface area contributed by atoms with E-state index in [1.165, 1.54) is 0 Å². The standard InChI is InChI=1S/C14H18N4/c1-9(2)11-7-12(14(3,4)5)17-13-10(15-6)8-16-18(11)13/h7-9H,1-5H3. The van der Waals surface area contributed by atoms with Crippen LogP contribution in [0.3, 0.4) is 0 Å². The third-order valence-electron chi connectivity index (χ3n) is 2.96. The van der Waals surface area contributed by atoms with Gasteiger partial charge in [-0.1, -0.05) is 34.6 Å². The van der Waals surface area contributed by atoms with E-state index >= 15 is 0 Å². The average molecular weight is 242 g/mol. The van der Waals surface area contributed by atoms with Gasteiger partial charge >= 0.3 is 0 Å². The van der Waals surface area contributed by atoms with Crippen molar-refractivity contribution in [2.24, 2.45) is 0 Å². The Bertz CT molecular complexity index is 624. The molecule has 0 atom stereocenters. The summed E-state index contributed by atoms with van der Waals surface area (Å²) in [4.78, 5) is 8.09. The highest BCUT2D eigenvalue weighted by atomic mass is 15.3. The van der Waals surface area contributed by atoms with Gasteiger partial charge in [-0.05, 0) is 12.0 Å². The molecular formula is C14H18N4. The van der Waals surface area contributed by atoms with E-state index < -0.39 is 0 Å². The normalized spacial score (nSPS) is 12.1. The van der Waals surface area contributed by atoms with Crippen LogP contribution in [0.15, 0.2) is 12.3 Å². The topological polar surface area (TPSA) is 34.5 Å². The van der Waals surface area contributed by atoms with Crippen LogP contribution in [-0.2, 0) is 5.41 Å². The van der Waals surface area contributed by atoms with Crippen molar-refractivity contribution in [2.45, 2.75) is 46.0 Å². The molecule has 0 amide bonds. The van der Waals surface area contributed by atoms with Gasteiger partial charge < -0.3 is 0 Å². The summed E-state index contributed by atoms with van der Waals surface area (Å²) in [6.07, 6.45) is 1.59. The molecule has 0 saturated carbocycles. The lowest BCUT2D eigenvalue weighted by atomic mass is 9.90. The number of fused-ring (bicyclic) bond motifs is 1. The first-order chi connectivity index (χ1) is 8.34. The highest BCUT2D eigenvalue weighted by molar-refractivity contribution is 5.68. The van der Waals surface area contributed by atoms with Crippen molar-refractivity contribution < 1.29 is 0 Å². The zero-order valence-corrected chi connectivity index (χ0v) is 11.5. The van der Waals surface area contributed by atoms with Crippen LogP contribution in [0.1, 0.15) is 51.9 Å². The Balaban J connectivity index is 2.83. The largest absolute Gasteiger partial charge is 0.250 e. The Morgan fingerprint density at radius 1 is 1.33 bits per heavy atom. The maximum absolute atomic E-state index is 7.18. The molecule has 0 aliphatic rings. The highest BCUT2D eigenvalue weighted by Gasteiger charge is 2.20. The molecule has 0 spiro atoms. The van der Waals surface area contributed by atoms with E-state index in [1.807, 2.05) is 0 Å². The van der Waals surface area contributed by atoms with Crippen molar-refractivity contribution in [1.29, 1.82) is 0 Å². The predicted octanol–water partition coefficient (Wildman–Crippen LogP) is 3.70. The average Bonchev–Trinajstić information content (AvgIpc) is 2.68. The first-order valence-electron chi connectivity index (χ1n) is 6.11. The molecule has 2 heterocycles. The molecular weight excluding hydrogens is 224 g/mol. The summed E-state index contributed by atoms with van der Waals surface area (Å²) in [5.74, 6) is 0.343. The third-order valence-corrected chi connectivity index (χ3v) is 2.96. The van der Waals surface area contributed by atoms with E-state index in [4.69, 9.17) is 6.57 Å². The summed E-state index contributed by atoms with van der Waals surface area (Å²) >= 11 is 0. The minimum atomic E-state index is -0.0328.